The van der Waals surface area contributed by atoms with Gasteiger partial charge in [0.2, 0.25) is 0 Å². The maximum absolute atomic E-state index is 12.8. The maximum Gasteiger partial charge on any atom is 0.256 e. The van der Waals surface area contributed by atoms with Crippen LogP contribution in [-0.4, -0.2) is 25.2 Å². The van der Waals surface area contributed by atoms with Gasteiger partial charge in [0.05, 0.1) is 7.11 Å². The summed E-state index contributed by atoms with van der Waals surface area (Å²) in [6.07, 6.45) is 3.80. The second kappa shape index (κ2) is 7.14. The summed E-state index contributed by atoms with van der Waals surface area (Å²) in [5.41, 5.74) is 1.11. The topological polar surface area (TPSA) is 47.6 Å². The lowest BCUT2D eigenvalue weighted by Crippen LogP contribution is -2.48. The standard InChI is InChI=1S/C18H27NO3/c1-5-22-18(10-6-7-13(2)12-18)17(20)19-15-8-9-16(21-4)14(3)11-15/h8-9,11,13H,5-7,10,12H2,1-4H3,(H,19,20)/t13-,18+/m1/s1. The van der Waals surface area contributed by atoms with E-state index in [0.717, 1.165) is 36.3 Å². The van der Waals surface area contributed by atoms with Gasteiger partial charge >= 0.3 is 0 Å². The summed E-state index contributed by atoms with van der Waals surface area (Å²) in [6, 6.07) is 5.68. The number of hydrogen-bond acceptors (Lipinski definition) is 3. The average molecular weight is 305 g/mol. The van der Waals surface area contributed by atoms with Gasteiger partial charge in [0.1, 0.15) is 11.4 Å². The van der Waals surface area contributed by atoms with Crippen molar-refractivity contribution in [3.63, 3.8) is 0 Å². The fourth-order valence-corrected chi connectivity index (χ4v) is 3.38. The van der Waals surface area contributed by atoms with Crippen LogP contribution in [-0.2, 0) is 9.53 Å². The summed E-state index contributed by atoms with van der Waals surface area (Å²) in [5.74, 6) is 1.32. The molecule has 1 fully saturated rings. The van der Waals surface area contributed by atoms with E-state index in [-0.39, 0.29) is 5.91 Å². The van der Waals surface area contributed by atoms with Crippen molar-refractivity contribution < 1.29 is 14.3 Å². The molecule has 2 rings (SSSR count). The normalized spacial score (nSPS) is 24.8. The summed E-state index contributed by atoms with van der Waals surface area (Å²) < 4.78 is 11.2. The van der Waals surface area contributed by atoms with Gasteiger partial charge in [0.15, 0.2) is 0 Å². The van der Waals surface area contributed by atoms with E-state index in [1.165, 1.54) is 6.42 Å². The minimum absolute atomic E-state index is 0.0227. The molecule has 0 aromatic heterocycles. The Hall–Kier alpha value is -1.55. The van der Waals surface area contributed by atoms with Gasteiger partial charge in [-0.05, 0) is 62.8 Å². The molecule has 1 saturated carbocycles. The number of nitrogens with one attached hydrogen (secondary N) is 1. The third-order valence-electron chi connectivity index (χ3n) is 4.44. The molecule has 1 amide bonds. The SMILES string of the molecule is CCO[C@@]1(C(=O)Nc2ccc(OC)c(C)c2)CCC[C@@H](C)C1. The van der Waals surface area contributed by atoms with Gasteiger partial charge in [-0.25, -0.2) is 0 Å². The molecule has 1 aliphatic carbocycles. The fourth-order valence-electron chi connectivity index (χ4n) is 3.38. The molecule has 1 aliphatic rings. The molecule has 0 saturated heterocycles. The zero-order valence-electron chi connectivity index (χ0n) is 14.1. The molecule has 1 aromatic rings. The van der Waals surface area contributed by atoms with E-state index < -0.39 is 5.60 Å². The minimum atomic E-state index is -0.680. The van der Waals surface area contributed by atoms with Crippen LogP contribution in [0.2, 0.25) is 0 Å². The van der Waals surface area contributed by atoms with E-state index in [9.17, 15) is 4.79 Å². The largest absolute Gasteiger partial charge is 0.496 e. The number of carbonyl (C=O) groups excluding carboxylic acids is 1. The Morgan fingerprint density at radius 3 is 2.82 bits per heavy atom. The van der Waals surface area contributed by atoms with Crippen molar-refractivity contribution in [2.24, 2.45) is 5.92 Å². The Bertz CT molecular complexity index is 525. The Kier molecular flexibility index (Phi) is 5.46. The summed E-state index contributed by atoms with van der Waals surface area (Å²) in [5, 5.41) is 3.03. The molecule has 0 radical (unpaired) electrons. The van der Waals surface area contributed by atoms with Crippen molar-refractivity contribution >= 4 is 11.6 Å². The zero-order valence-corrected chi connectivity index (χ0v) is 14.1. The molecule has 0 spiro atoms. The molecule has 0 unspecified atom stereocenters. The van der Waals surface area contributed by atoms with Crippen molar-refractivity contribution in [2.45, 2.75) is 52.1 Å². The highest BCUT2D eigenvalue weighted by Gasteiger charge is 2.42. The summed E-state index contributed by atoms with van der Waals surface area (Å²) in [6.45, 7) is 6.67. The van der Waals surface area contributed by atoms with Crippen LogP contribution in [0.3, 0.4) is 0 Å². The fraction of sp³-hybridized carbons (Fsp3) is 0.611. The lowest BCUT2D eigenvalue weighted by molar-refractivity contribution is -0.147. The molecular weight excluding hydrogens is 278 g/mol. The Morgan fingerprint density at radius 2 is 2.23 bits per heavy atom. The van der Waals surface area contributed by atoms with Crippen LogP contribution < -0.4 is 10.1 Å². The first-order chi connectivity index (χ1) is 10.5. The van der Waals surface area contributed by atoms with E-state index >= 15 is 0 Å². The Balaban J connectivity index is 2.16. The van der Waals surface area contributed by atoms with Crippen LogP contribution in [0.25, 0.3) is 0 Å². The molecule has 0 bridgehead atoms. The first-order valence-electron chi connectivity index (χ1n) is 8.11. The number of rotatable bonds is 5. The molecule has 0 aliphatic heterocycles. The first-order valence-corrected chi connectivity index (χ1v) is 8.11. The van der Waals surface area contributed by atoms with Gasteiger partial charge in [-0.2, -0.15) is 0 Å². The van der Waals surface area contributed by atoms with E-state index in [1.807, 2.05) is 32.0 Å². The quantitative estimate of drug-likeness (QED) is 0.896. The van der Waals surface area contributed by atoms with Gasteiger partial charge in [0.25, 0.3) is 5.91 Å². The van der Waals surface area contributed by atoms with E-state index in [0.29, 0.717) is 12.5 Å². The lowest BCUT2D eigenvalue weighted by atomic mass is 9.78. The molecule has 0 heterocycles. The third kappa shape index (κ3) is 3.61. The first kappa shape index (κ1) is 16.8. The smallest absolute Gasteiger partial charge is 0.256 e. The number of ether oxygens (including phenoxy) is 2. The van der Waals surface area contributed by atoms with Gasteiger partial charge < -0.3 is 14.8 Å². The van der Waals surface area contributed by atoms with E-state index in [1.54, 1.807) is 7.11 Å². The number of hydrogen-bond donors (Lipinski definition) is 1. The zero-order chi connectivity index (χ0) is 16.2. The highest BCUT2D eigenvalue weighted by Crippen LogP contribution is 2.36. The van der Waals surface area contributed by atoms with Gasteiger partial charge in [-0.3, -0.25) is 4.79 Å². The number of carbonyl (C=O) groups is 1. The van der Waals surface area contributed by atoms with Gasteiger partial charge in [-0.15, -0.1) is 0 Å². The monoisotopic (exact) mass is 305 g/mol. The van der Waals surface area contributed by atoms with Gasteiger partial charge in [-0.1, -0.05) is 13.3 Å². The average Bonchev–Trinajstić information content (AvgIpc) is 2.47. The highest BCUT2D eigenvalue weighted by molar-refractivity contribution is 5.97. The van der Waals surface area contributed by atoms with Crippen LogP contribution in [0.1, 0.15) is 45.1 Å². The molecule has 4 nitrogen and oxygen atoms in total. The molecule has 22 heavy (non-hydrogen) atoms. The Labute approximate surface area is 133 Å². The molecular formula is C18H27NO3. The number of anilines is 1. The van der Waals surface area contributed by atoms with Gasteiger partial charge in [0, 0.05) is 12.3 Å². The van der Waals surface area contributed by atoms with E-state index in [4.69, 9.17) is 9.47 Å². The second-order valence-corrected chi connectivity index (χ2v) is 6.27. The predicted molar refractivity (Wildman–Crippen MR) is 88.3 cm³/mol. The van der Waals surface area contributed by atoms with Crippen molar-refractivity contribution in [2.75, 3.05) is 19.0 Å². The number of benzene rings is 1. The van der Waals surface area contributed by atoms with Crippen molar-refractivity contribution in [1.29, 1.82) is 0 Å². The number of methoxy groups -OCH3 is 1. The minimum Gasteiger partial charge on any atom is -0.496 e. The van der Waals surface area contributed by atoms with Crippen molar-refractivity contribution in [1.82, 2.24) is 0 Å². The van der Waals surface area contributed by atoms with E-state index in [2.05, 4.69) is 12.2 Å². The molecule has 2 atom stereocenters. The third-order valence-corrected chi connectivity index (χ3v) is 4.44. The summed E-state index contributed by atoms with van der Waals surface area (Å²) in [4.78, 5) is 12.8. The van der Waals surface area contributed by atoms with Crippen LogP contribution in [0.15, 0.2) is 18.2 Å². The predicted octanol–water partition coefficient (Wildman–Crippen LogP) is 3.93. The summed E-state index contributed by atoms with van der Waals surface area (Å²) in [7, 11) is 1.65. The van der Waals surface area contributed by atoms with Crippen molar-refractivity contribution in [3.8, 4) is 5.75 Å². The van der Waals surface area contributed by atoms with Crippen LogP contribution in [0.4, 0.5) is 5.69 Å². The maximum atomic E-state index is 12.8. The van der Waals surface area contributed by atoms with Crippen molar-refractivity contribution in [3.05, 3.63) is 23.8 Å². The summed E-state index contributed by atoms with van der Waals surface area (Å²) >= 11 is 0. The second-order valence-electron chi connectivity index (χ2n) is 6.27. The molecule has 122 valence electrons. The number of aryl methyl sites for hydroxylation is 1. The number of amides is 1. The lowest BCUT2D eigenvalue weighted by Gasteiger charge is -2.38. The highest BCUT2D eigenvalue weighted by atomic mass is 16.5. The molecule has 1 N–H and O–H groups in total. The molecule has 1 aromatic carbocycles. The Morgan fingerprint density at radius 1 is 1.45 bits per heavy atom. The van der Waals surface area contributed by atoms with Crippen LogP contribution >= 0.6 is 0 Å². The van der Waals surface area contributed by atoms with Crippen LogP contribution in [0.5, 0.6) is 5.75 Å². The van der Waals surface area contributed by atoms with Crippen LogP contribution in [0, 0.1) is 12.8 Å². The molecule has 4 heteroatoms.